The average molecular weight is 349 g/mol. The monoisotopic (exact) mass is 349 g/mol. The van der Waals surface area contributed by atoms with Gasteiger partial charge in [-0.15, -0.1) is 0 Å². The minimum absolute atomic E-state index is 0.297. The SMILES string of the molecule is CCNS(=O)(=O)c1ccc2c(c1)N(Cc1ncc(C(C)C)o1)CC2. The Morgan fingerprint density at radius 1 is 1.38 bits per heavy atom. The van der Waals surface area contributed by atoms with Crippen LogP contribution in [0.1, 0.15) is 43.9 Å². The number of anilines is 1. The first-order chi connectivity index (χ1) is 11.4. The Kier molecular flexibility index (Phi) is 4.64. The molecule has 24 heavy (non-hydrogen) atoms. The highest BCUT2D eigenvalue weighted by atomic mass is 32.2. The Labute approximate surface area is 142 Å². The molecule has 1 aromatic heterocycles. The van der Waals surface area contributed by atoms with E-state index in [-0.39, 0.29) is 0 Å². The average Bonchev–Trinajstić information content (AvgIpc) is 3.15. The first-order valence-electron chi connectivity index (χ1n) is 8.23. The van der Waals surface area contributed by atoms with Crippen LogP contribution in [0.4, 0.5) is 5.69 Å². The molecule has 1 N–H and O–H groups in total. The number of nitrogens with one attached hydrogen (secondary N) is 1. The molecule has 0 atom stereocenters. The van der Waals surface area contributed by atoms with E-state index in [2.05, 4.69) is 28.5 Å². The molecular formula is C17H23N3O3S. The number of nitrogens with zero attached hydrogens (tertiary/aromatic N) is 2. The van der Waals surface area contributed by atoms with Gasteiger partial charge in [0, 0.05) is 24.7 Å². The fraction of sp³-hybridized carbons (Fsp3) is 0.471. The van der Waals surface area contributed by atoms with Crippen molar-refractivity contribution in [2.24, 2.45) is 0 Å². The van der Waals surface area contributed by atoms with Crippen molar-refractivity contribution in [3.8, 4) is 0 Å². The molecule has 2 aromatic rings. The van der Waals surface area contributed by atoms with E-state index in [4.69, 9.17) is 4.42 Å². The smallest absolute Gasteiger partial charge is 0.240 e. The summed E-state index contributed by atoms with van der Waals surface area (Å²) >= 11 is 0. The second-order valence-corrected chi connectivity index (χ2v) is 8.04. The lowest BCUT2D eigenvalue weighted by atomic mass is 10.2. The predicted molar refractivity (Wildman–Crippen MR) is 92.7 cm³/mol. The fourth-order valence-corrected chi connectivity index (χ4v) is 3.92. The normalized spacial score (nSPS) is 14.4. The number of sulfonamides is 1. The summed E-state index contributed by atoms with van der Waals surface area (Å²) < 4.78 is 32.7. The Hall–Kier alpha value is -1.86. The van der Waals surface area contributed by atoms with E-state index < -0.39 is 10.0 Å². The number of rotatable bonds is 6. The van der Waals surface area contributed by atoms with Gasteiger partial charge in [-0.3, -0.25) is 0 Å². The number of fused-ring (bicyclic) bond motifs is 1. The first kappa shape index (κ1) is 17.0. The van der Waals surface area contributed by atoms with Crippen molar-refractivity contribution in [1.82, 2.24) is 9.71 Å². The highest BCUT2D eigenvalue weighted by Crippen LogP contribution is 2.31. The van der Waals surface area contributed by atoms with Gasteiger partial charge in [-0.2, -0.15) is 0 Å². The van der Waals surface area contributed by atoms with Crippen LogP contribution in [0, 0.1) is 0 Å². The Balaban J connectivity index is 1.85. The van der Waals surface area contributed by atoms with Crippen molar-refractivity contribution in [1.29, 1.82) is 0 Å². The second kappa shape index (κ2) is 6.57. The maximum absolute atomic E-state index is 12.2. The Morgan fingerprint density at radius 2 is 2.17 bits per heavy atom. The van der Waals surface area contributed by atoms with Crippen LogP contribution in [0.15, 0.2) is 33.7 Å². The van der Waals surface area contributed by atoms with Crippen LogP contribution >= 0.6 is 0 Å². The van der Waals surface area contributed by atoms with Crippen LogP contribution in [-0.2, 0) is 23.0 Å². The van der Waals surface area contributed by atoms with Crippen molar-refractivity contribution in [3.63, 3.8) is 0 Å². The summed E-state index contributed by atoms with van der Waals surface area (Å²) in [5.41, 5.74) is 2.10. The molecule has 3 rings (SSSR count). The molecule has 0 bridgehead atoms. The largest absolute Gasteiger partial charge is 0.444 e. The topological polar surface area (TPSA) is 75.4 Å². The second-order valence-electron chi connectivity index (χ2n) is 6.27. The summed E-state index contributed by atoms with van der Waals surface area (Å²) in [6.45, 7) is 7.65. The summed E-state index contributed by atoms with van der Waals surface area (Å²) in [5.74, 6) is 1.83. The molecule has 1 aliphatic rings. The third kappa shape index (κ3) is 3.32. The lowest BCUT2D eigenvalue weighted by molar-refractivity contribution is 0.436. The zero-order valence-electron chi connectivity index (χ0n) is 14.2. The van der Waals surface area contributed by atoms with Crippen LogP contribution in [0.3, 0.4) is 0 Å². The molecule has 0 amide bonds. The van der Waals surface area contributed by atoms with E-state index in [0.717, 1.165) is 30.0 Å². The lowest BCUT2D eigenvalue weighted by Gasteiger charge is -2.18. The summed E-state index contributed by atoms with van der Waals surface area (Å²) in [7, 11) is -3.45. The number of hydrogen-bond acceptors (Lipinski definition) is 5. The van der Waals surface area contributed by atoms with Crippen LogP contribution < -0.4 is 9.62 Å². The molecule has 6 nitrogen and oxygen atoms in total. The van der Waals surface area contributed by atoms with Gasteiger partial charge in [0.25, 0.3) is 0 Å². The van der Waals surface area contributed by atoms with Gasteiger partial charge >= 0.3 is 0 Å². The Bertz CT molecular complexity index is 827. The molecule has 130 valence electrons. The zero-order valence-corrected chi connectivity index (χ0v) is 15.1. The molecule has 0 saturated heterocycles. The quantitative estimate of drug-likeness (QED) is 0.868. The molecule has 1 aliphatic heterocycles. The third-order valence-electron chi connectivity index (χ3n) is 4.16. The van der Waals surface area contributed by atoms with Crippen molar-refractivity contribution in [3.05, 3.63) is 41.6 Å². The van der Waals surface area contributed by atoms with E-state index in [1.165, 1.54) is 0 Å². The fourth-order valence-electron chi connectivity index (χ4n) is 2.86. The maximum Gasteiger partial charge on any atom is 0.240 e. The summed E-state index contributed by atoms with van der Waals surface area (Å²) in [6.07, 6.45) is 2.66. The molecule has 0 saturated carbocycles. The molecule has 2 heterocycles. The van der Waals surface area contributed by atoms with Gasteiger partial charge in [-0.25, -0.2) is 18.1 Å². The third-order valence-corrected chi connectivity index (χ3v) is 5.70. The standard InChI is InChI=1S/C17H23N3O3S/c1-4-19-24(21,22)14-6-5-13-7-8-20(15(13)9-14)11-17-18-10-16(23-17)12(2)3/h5-6,9-10,12,19H,4,7-8,11H2,1-3H3. The zero-order chi connectivity index (χ0) is 17.3. The van der Waals surface area contributed by atoms with E-state index in [0.29, 0.717) is 29.8 Å². The maximum atomic E-state index is 12.2. The molecule has 0 aliphatic carbocycles. The molecule has 0 spiro atoms. The molecular weight excluding hydrogens is 326 g/mol. The van der Waals surface area contributed by atoms with Gasteiger partial charge in [0.1, 0.15) is 5.76 Å². The first-order valence-corrected chi connectivity index (χ1v) is 9.71. The van der Waals surface area contributed by atoms with Gasteiger partial charge in [0.15, 0.2) is 0 Å². The molecule has 0 fully saturated rings. The highest BCUT2D eigenvalue weighted by molar-refractivity contribution is 7.89. The van der Waals surface area contributed by atoms with E-state index >= 15 is 0 Å². The van der Waals surface area contributed by atoms with E-state index in [1.54, 1.807) is 25.3 Å². The molecule has 0 radical (unpaired) electrons. The molecule has 1 aromatic carbocycles. The van der Waals surface area contributed by atoms with Crippen LogP contribution in [0.5, 0.6) is 0 Å². The van der Waals surface area contributed by atoms with Gasteiger partial charge in [0.2, 0.25) is 15.9 Å². The summed E-state index contributed by atoms with van der Waals surface area (Å²) in [4.78, 5) is 6.75. The van der Waals surface area contributed by atoms with Gasteiger partial charge in [-0.05, 0) is 24.1 Å². The summed E-state index contributed by atoms with van der Waals surface area (Å²) in [6, 6.07) is 5.31. The predicted octanol–water partition coefficient (Wildman–Crippen LogP) is 2.66. The van der Waals surface area contributed by atoms with Crippen molar-refractivity contribution in [2.75, 3.05) is 18.0 Å². The van der Waals surface area contributed by atoms with Gasteiger partial charge in [-0.1, -0.05) is 26.8 Å². The highest BCUT2D eigenvalue weighted by Gasteiger charge is 2.24. The number of aromatic nitrogens is 1. The number of oxazole rings is 1. The van der Waals surface area contributed by atoms with Gasteiger partial charge in [0.05, 0.1) is 17.6 Å². The number of hydrogen-bond donors (Lipinski definition) is 1. The molecule has 0 unspecified atom stereocenters. The van der Waals surface area contributed by atoms with E-state index in [1.807, 2.05) is 6.07 Å². The number of benzene rings is 1. The lowest BCUT2D eigenvalue weighted by Crippen LogP contribution is -2.24. The minimum Gasteiger partial charge on any atom is -0.444 e. The Morgan fingerprint density at radius 3 is 2.83 bits per heavy atom. The minimum atomic E-state index is -3.45. The van der Waals surface area contributed by atoms with E-state index in [9.17, 15) is 8.42 Å². The van der Waals surface area contributed by atoms with Crippen molar-refractivity contribution in [2.45, 2.75) is 44.6 Å². The van der Waals surface area contributed by atoms with Crippen LogP contribution in [0.2, 0.25) is 0 Å². The van der Waals surface area contributed by atoms with Crippen molar-refractivity contribution < 1.29 is 12.8 Å². The van der Waals surface area contributed by atoms with Crippen LogP contribution in [0.25, 0.3) is 0 Å². The summed E-state index contributed by atoms with van der Waals surface area (Å²) in [5, 5.41) is 0. The molecule has 7 heteroatoms. The van der Waals surface area contributed by atoms with Crippen molar-refractivity contribution >= 4 is 15.7 Å². The van der Waals surface area contributed by atoms with Gasteiger partial charge < -0.3 is 9.32 Å². The van der Waals surface area contributed by atoms with Crippen LogP contribution in [-0.4, -0.2) is 26.5 Å².